The van der Waals surface area contributed by atoms with Crippen LogP contribution in [0.2, 0.25) is 0 Å². The topological polar surface area (TPSA) is 53.9 Å². The lowest BCUT2D eigenvalue weighted by Gasteiger charge is -2.18. The van der Waals surface area contributed by atoms with Crippen molar-refractivity contribution in [2.24, 2.45) is 0 Å². The van der Waals surface area contributed by atoms with Gasteiger partial charge in [0.1, 0.15) is 0 Å². The lowest BCUT2D eigenvalue weighted by atomic mass is 10.1. The monoisotopic (exact) mass is 305 g/mol. The maximum atomic E-state index is 4.36. The van der Waals surface area contributed by atoms with Crippen molar-refractivity contribution >= 4 is 16.5 Å². The molecular weight excluding hydrogens is 286 g/mol. The quantitative estimate of drug-likeness (QED) is 0.803. The zero-order valence-electron chi connectivity index (χ0n) is 12.9. The Balaban J connectivity index is 1.44. The van der Waals surface area contributed by atoms with E-state index in [4.69, 9.17) is 0 Å². The van der Waals surface area contributed by atoms with E-state index >= 15 is 0 Å². The van der Waals surface area contributed by atoms with Crippen molar-refractivity contribution in [2.75, 3.05) is 18.4 Å². The number of nitrogens with one attached hydrogen (secondary N) is 1. The molecule has 0 saturated carbocycles. The highest BCUT2D eigenvalue weighted by Crippen LogP contribution is 2.25. The summed E-state index contributed by atoms with van der Waals surface area (Å²) in [6.45, 7) is 2.98. The molecule has 5 heteroatoms. The second-order valence-corrected chi connectivity index (χ2v) is 5.96. The highest BCUT2D eigenvalue weighted by molar-refractivity contribution is 5.93. The van der Waals surface area contributed by atoms with Gasteiger partial charge in [0, 0.05) is 73.1 Å². The summed E-state index contributed by atoms with van der Waals surface area (Å²) >= 11 is 0. The lowest BCUT2D eigenvalue weighted by Crippen LogP contribution is -2.26. The fourth-order valence-electron chi connectivity index (χ4n) is 3.20. The zero-order chi connectivity index (χ0) is 15.5. The molecule has 4 rings (SSSR count). The second-order valence-electron chi connectivity index (χ2n) is 5.96. The Morgan fingerprint density at radius 1 is 1.09 bits per heavy atom. The van der Waals surface area contributed by atoms with E-state index in [0.29, 0.717) is 6.04 Å². The van der Waals surface area contributed by atoms with Gasteiger partial charge in [-0.15, -0.1) is 0 Å². The average Bonchev–Trinajstić information content (AvgIpc) is 3.03. The van der Waals surface area contributed by atoms with Gasteiger partial charge in [0.05, 0.1) is 5.69 Å². The van der Waals surface area contributed by atoms with Gasteiger partial charge >= 0.3 is 0 Å². The van der Waals surface area contributed by atoms with Crippen LogP contribution in [0.5, 0.6) is 0 Å². The molecule has 1 aliphatic rings. The van der Waals surface area contributed by atoms with Crippen LogP contribution in [0.3, 0.4) is 0 Å². The van der Waals surface area contributed by atoms with Crippen LogP contribution in [0.25, 0.3) is 10.8 Å². The lowest BCUT2D eigenvalue weighted by molar-refractivity contribution is 0.324. The van der Waals surface area contributed by atoms with Crippen molar-refractivity contribution in [3.05, 3.63) is 60.9 Å². The van der Waals surface area contributed by atoms with Crippen molar-refractivity contribution in [2.45, 2.75) is 19.0 Å². The normalized spacial score (nSPS) is 18.3. The SMILES string of the molecule is c1cc(NC2CCN(Cc3cnccn3)C2)c2ccncc2c1. The molecule has 5 nitrogen and oxygen atoms in total. The summed E-state index contributed by atoms with van der Waals surface area (Å²) in [6, 6.07) is 8.86. The minimum Gasteiger partial charge on any atom is -0.380 e. The van der Waals surface area contributed by atoms with Crippen molar-refractivity contribution < 1.29 is 0 Å². The summed E-state index contributed by atoms with van der Waals surface area (Å²) in [5, 5.41) is 6.10. The molecule has 3 heterocycles. The van der Waals surface area contributed by atoms with Crippen LogP contribution < -0.4 is 5.32 Å². The maximum absolute atomic E-state index is 4.36. The van der Waals surface area contributed by atoms with E-state index in [9.17, 15) is 0 Å². The highest BCUT2D eigenvalue weighted by Gasteiger charge is 2.23. The first kappa shape index (κ1) is 14.1. The van der Waals surface area contributed by atoms with E-state index in [1.807, 2.05) is 18.6 Å². The Morgan fingerprint density at radius 3 is 2.96 bits per heavy atom. The minimum atomic E-state index is 0.463. The third-order valence-electron chi connectivity index (χ3n) is 4.31. The van der Waals surface area contributed by atoms with Crippen LogP contribution in [0.1, 0.15) is 12.1 Å². The number of nitrogens with zero attached hydrogens (tertiary/aromatic N) is 4. The zero-order valence-corrected chi connectivity index (χ0v) is 12.9. The smallest absolute Gasteiger partial charge is 0.0726 e. The van der Waals surface area contributed by atoms with Gasteiger partial charge in [0.25, 0.3) is 0 Å². The number of hydrogen-bond acceptors (Lipinski definition) is 5. The predicted molar refractivity (Wildman–Crippen MR) is 91.1 cm³/mol. The van der Waals surface area contributed by atoms with Gasteiger partial charge in [-0.2, -0.15) is 0 Å². The van der Waals surface area contributed by atoms with Gasteiger partial charge < -0.3 is 5.32 Å². The van der Waals surface area contributed by atoms with Gasteiger partial charge in [0.2, 0.25) is 0 Å². The van der Waals surface area contributed by atoms with Gasteiger partial charge in [-0.1, -0.05) is 12.1 Å². The van der Waals surface area contributed by atoms with Crippen molar-refractivity contribution in [3.8, 4) is 0 Å². The molecule has 1 unspecified atom stereocenters. The fourth-order valence-corrected chi connectivity index (χ4v) is 3.20. The highest BCUT2D eigenvalue weighted by atomic mass is 15.2. The van der Waals surface area contributed by atoms with Crippen LogP contribution in [0.4, 0.5) is 5.69 Å². The Morgan fingerprint density at radius 2 is 2.04 bits per heavy atom. The van der Waals surface area contributed by atoms with E-state index in [1.54, 1.807) is 12.4 Å². The Labute approximate surface area is 135 Å². The summed E-state index contributed by atoms with van der Waals surface area (Å²) in [5.41, 5.74) is 2.22. The number of pyridine rings is 1. The molecule has 1 saturated heterocycles. The molecule has 2 aromatic heterocycles. The molecule has 1 aliphatic heterocycles. The number of rotatable bonds is 4. The standard InChI is InChI=1S/C18H19N5/c1-2-14-10-19-6-4-17(14)18(3-1)22-15-5-9-23(12-15)13-16-11-20-7-8-21-16/h1-4,6-8,10-11,15,22H,5,9,12-13H2. The van der Waals surface area contributed by atoms with E-state index < -0.39 is 0 Å². The summed E-state index contributed by atoms with van der Waals surface area (Å²) in [6.07, 6.45) is 10.2. The van der Waals surface area contributed by atoms with Crippen molar-refractivity contribution in [3.63, 3.8) is 0 Å². The Hall–Kier alpha value is -2.53. The molecule has 3 aromatic rings. The summed E-state index contributed by atoms with van der Waals surface area (Å²) in [7, 11) is 0. The molecule has 0 aliphatic carbocycles. The summed E-state index contributed by atoms with van der Waals surface area (Å²) in [4.78, 5) is 15.1. The van der Waals surface area contributed by atoms with Crippen LogP contribution in [0.15, 0.2) is 55.2 Å². The number of likely N-dealkylation sites (tertiary alicyclic amines) is 1. The number of hydrogen-bond donors (Lipinski definition) is 1. The first-order chi connectivity index (χ1) is 11.4. The summed E-state index contributed by atoms with van der Waals surface area (Å²) < 4.78 is 0. The van der Waals surface area contributed by atoms with Crippen LogP contribution in [-0.4, -0.2) is 39.0 Å². The molecule has 1 N–H and O–H groups in total. The first-order valence-corrected chi connectivity index (χ1v) is 7.95. The molecule has 0 bridgehead atoms. The van der Waals surface area contributed by atoms with Gasteiger partial charge in [0.15, 0.2) is 0 Å². The fraction of sp³-hybridized carbons (Fsp3) is 0.278. The number of fused-ring (bicyclic) bond motifs is 1. The van der Waals surface area contributed by atoms with Crippen LogP contribution >= 0.6 is 0 Å². The van der Waals surface area contributed by atoms with E-state index in [1.165, 1.54) is 16.5 Å². The molecule has 23 heavy (non-hydrogen) atoms. The third-order valence-corrected chi connectivity index (χ3v) is 4.31. The third kappa shape index (κ3) is 3.14. The van der Waals surface area contributed by atoms with Crippen LogP contribution in [0, 0.1) is 0 Å². The minimum absolute atomic E-state index is 0.463. The molecule has 1 atom stereocenters. The largest absolute Gasteiger partial charge is 0.380 e. The number of anilines is 1. The molecule has 1 aromatic carbocycles. The van der Waals surface area contributed by atoms with Gasteiger partial charge in [-0.3, -0.25) is 19.9 Å². The van der Waals surface area contributed by atoms with E-state index in [-0.39, 0.29) is 0 Å². The molecule has 116 valence electrons. The van der Waals surface area contributed by atoms with E-state index in [0.717, 1.165) is 31.7 Å². The number of benzene rings is 1. The predicted octanol–water partition coefficient (Wildman–Crippen LogP) is 2.71. The average molecular weight is 305 g/mol. The molecule has 0 radical (unpaired) electrons. The number of aromatic nitrogens is 3. The Bertz CT molecular complexity index is 784. The second kappa shape index (κ2) is 6.30. The molecule has 0 spiro atoms. The Kier molecular flexibility index (Phi) is 3.86. The first-order valence-electron chi connectivity index (χ1n) is 7.95. The molecular formula is C18H19N5. The van der Waals surface area contributed by atoms with Crippen molar-refractivity contribution in [1.29, 1.82) is 0 Å². The molecule has 1 fully saturated rings. The van der Waals surface area contributed by atoms with Crippen molar-refractivity contribution in [1.82, 2.24) is 19.9 Å². The van der Waals surface area contributed by atoms with Gasteiger partial charge in [-0.25, -0.2) is 0 Å². The summed E-state index contributed by atoms with van der Waals surface area (Å²) in [5.74, 6) is 0. The maximum Gasteiger partial charge on any atom is 0.0726 e. The molecule has 0 amide bonds. The van der Waals surface area contributed by atoms with Crippen LogP contribution in [-0.2, 0) is 6.54 Å². The van der Waals surface area contributed by atoms with Gasteiger partial charge in [-0.05, 0) is 18.6 Å². The van der Waals surface area contributed by atoms with E-state index in [2.05, 4.69) is 49.4 Å².